The van der Waals surface area contributed by atoms with E-state index in [2.05, 4.69) is 48.8 Å². The van der Waals surface area contributed by atoms with Gasteiger partial charge in [0.25, 0.3) is 0 Å². The lowest BCUT2D eigenvalue weighted by atomic mass is 9.91. The number of benzene rings is 1. The molecule has 1 aromatic carbocycles. The Balaban J connectivity index is 2.26. The summed E-state index contributed by atoms with van der Waals surface area (Å²) in [6, 6.07) is 6.14. The van der Waals surface area contributed by atoms with Gasteiger partial charge in [-0.1, -0.05) is 6.07 Å². The fraction of sp³-hybridized carbons (Fsp3) is 0.538. The van der Waals surface area contributed by atoms with E-state index in [1.54, 1.807) is 0 Å². The van der Waals surface area contributed by atoms with Crippen molar-refractivity contribution in [1.29, 1.82) is 0 Å². The van der Waals surface area contributed by atoms with Crippen LogP contribution in [0.25, 0.3) is 0 Å². The quantitative estimate of drug-likeness (QED) is 0.553. The lowest BCUT2D eigenvalue weighted by molar-refractivity contribution is 0.102. The van der Waals surface area contributed by atoms with E-state index in [4.69, 9.17) is 5.73 Å². The fourth-order valence-corrected chi connectivity index (χ4v) is 2.54. The molecular formula is C13H21N3S. The lowest BCUT2D eigenvalue weighted by Gasteiger charge is -2.41. The van der Waals surface area contributed by atoms with E-state index in [9.17, 15) is 0 Å². The third kappa shape index (κ3) is 2.59. The van der Waals surface area contributed by atoms with Gasteiger partial charge in [0.2, 0.25) is 0 Å². The van der Waals surface area contributed by atoms with E-state index in [0.29, 0.717) is 0 Å². The van der Waals surface area contributed by atoms with Gasteiger partial charge in [0.15, 0.2) is 0 Å². The molecule has 0 atom stereocenters. The second-order valence-corrected chi connectivity index (χ2v) is 5.55. The van der Waals surface area contributed by atoms with Crippen molar-refractivity contribution in [3.63, 3.8) is 0 Å². The molecule has 0 radical (unpaired) electrons. The van der Waals surface area contributed by atoms with Crippen molar-refractivity contribution in [1.82, 2.24) is 10.2 Å². The third-order valence-corrected chi connectivity index (χ3v) is 4.03. The fourth-order valence-electron chi connectivity index (χ4n) is 2.33. The van der Waals surface area contributed by atoms with Crippen molar-refractivity contribution in [2.45, 2.75) is 24.3 Å². The molecule has 1 aliphatic rings. The zero-order valence-corrected chi connectivity index (χ0v) is 11.4. The second-order valence-electron chi connectivity index (χ2n) is 5.07. The number of anilines is 1. The molecule has 0 bridgehead atoms. The summed E-state index contributed by atoms with van der Waals surface area (Å²) in [5.41, 5.74) is 7.87. The standard InChI is InChI=1S/C13H21N3S/c1-13(2,16-7-5-15-6-8-16)10-3-4-11(14)12(17)9-10/h3-4,9,15,17H,5-8,14H2,1-2H3. The van der Waals surface area contributed by atoms with Gasteiger partial charge in [-0.3, -0.25) is 4.90 Å². The van der Waals surface area contributed by atoms with Crippen LogP contribution < -0.4 is 11.1 Å². The minimum absolute atomic E-state index is 0.0350. The van der Waals surface area contributed by atoms with Crippen LogP contribution in [0.2, 0.25) is 0 Å². The minimum atomic E-state index is 0.0350. The van der Waals surface area contributed by atoms with Crippen LogP contribution in [0.3, 0.4) is 0 Å². The summed E-state index contributed by atoms with van der Waals surface area (Å²) >= 11 is 4.41. The minimum Gasteiger partial charge on any atom is -0.398 e. The Bertz CT molecular complexity index is 398. The van der Waals surface area contributed by atoms with Crippen LogP contribution in [0.5, 0.6) is 0 Å². The molecular weight excluding hydrogens is 230 g/mol. The molecule has 1 aliphatic heterocycles. The van der Waals surface area contributed by atoms with Crippen LogP contribution in [0.4, 0.5) is 5.69 Å². The first-order valence-electron chi connectivity index (χ1n) is 6.06. The molecule has 1 fully saturated rings. The number of nitrogens with two attached hydrogens (primary N) is 1. The van der Waals surface area contributed by atoms with E-state index in [1.165, 1.54) is 5.56 Å². The van der Waals surface area contributed by atoms with Crippen molar-refractivity contribution in [2.75, 3.05) is 31.9 Å². The van der Waals surface area contributed by atoms with E-state index >= 15 is 0 Å². The molecule has 0 unspecified atom stereocenters. The Labute approximate surface area is 109 Å². The average molecular weight is 251 g/mol. The Morgan fingerprint density at radius 2 is 1.94 bits per heavy atom. The van der Waals surface area contributed by atoms with Crippen molar-refractivity contribution in [3.05, 3.63) is 23.8 Å². The molecule has 1 saturated heterocycles. The third-order valence-electron chi connectivity index (χ3n) is 3.64. The number of hydrogen-bond acceptors (Lipinski definition) is 4. The zero-order chi connectivity index (χ0) is 12.5. The molecule has 0 amide bonds. The molecule has 0 aromatic heterocycles. The summed E-state index contributed by atoms with van der Waals surface area (Å²) in [5.74, 6) is 0. The van der Waals surface area contributed by atoms with Crippen LogP contribution in [-0.2, 0) is 5.54 Å². The molecule has 3 N–H and O–H groups in total. The molecule has 0 aliphatic carbocycles. The monoisotopic (exact) mass is 251 g/mol. The van der Waals surface area contributed by atoms with Crippen molar-refractivity contribution >= 4 is 18.3 Å². The molecule has 0 saturated carbocycles. The molecule has 1 heterocycles. The van der Waals surface area contributed by atoms with Crippen LogP contribution in [0.1, 0.15) is 19.4 Å². The summed E-state index contributed by atoms with van der Waals surface area (Å²) in [4.78, 5) is 3.37. The predicted molar refractivity (Wildman–Crippen MR) is 75.6 cm³/mol. The maximum absolute atomic E-state index is 5.81. The Morgan fingerprint density at radius 1 is 1.29 bits per heavy atom. The van der Waals surface area contributed by atoms with Crippen LogP contribution >= 0.6 is 12.6 Å². The van der Waals surface area contributed by atoms with Gasteiger partial charge in [0.1, 0.15) is 0 Å². The van der Waals surface area contributed by atoms with E-state index in [0.717, 1.165) is 36.8 Å². The van der Waals surface area contributed by atoms with Crippen LogP contribution in [0, 0.1) is 0 Å². The first-order valence-corrected chi connectivity index (χ1v) is 6.51. The van der Waals surface area contributed by atoms with Crippen molar-refractivity contribution in [2.24, 2.45) is 0 Å². The smallest absolute Gasteiger partial charge is 0.0449 e. The predicted octanol–water partition coefficient (Wildman–Crippen LogP) is 1.70. The van der Waals surface area contributed by atoms with Gasteiger partial charge in [0, 0.05) is 42.3 Å². The number of nitrogen functional groups attached to an aromatic ring is 1. The molecule has 1 aromatic rings. The molecule has 17 heavy (non-hydrogen) atoms. The largest absolute Gasteiger partial charge is 0.398 e. The lowest BCUT2D eigenvalue weighted by Crippen LogP contribution is -2.51. The van der Waals surface area contributed by atoms with E-state index in [-0.39, 0.29) is 5.54 Å². The van der Waals surface area contributed by atoms with Crippen LogP contribution in [0.15, 0.2) is 23.1 Å². The van der Waals surface area contributed by atoms with Gasteiger partial charge in [-0.15, -0.1) is 12.6 Å². The highest BCUT2D eigenvalue weighted by atomic mass is 32.1. The zero-order valence-electron chi connectivity index (χ0n) is 10.5. The topological polar surface area (TPSA) is 41.3 Å². The van der Waals surface area contributed by atoms with Gasteiger partial charge in [0.05, 0.1) is 0 Å². The molecule has 4 heteroatoms. The molecule has 0 spiro atoms. The number of nitrogens with zero attached hydrogens (tertiary/aromatic N) is 1. The SMILES string of the molecule is CC(C)(c1ccc(N)c(S)c1)N1CCNCC1. The Hall–Kier alpha value is -0.710. The molecule has 2 rings (SSSR count). The summed E-state index contributed by atoms with van der Waals surface area (Å²) in [7, 11) is 0. The van der Waals surface area contributed by atoms with Gasteiger partial charge in [-0.05, 0) is 31.5 Å². The summed E-state index contributed by atoms with van der Waals surface area (Å²) in [6.07, 6.45) is 0. The highest BCUT2D eigenvalue weighted by molar-refractivity contribution is 7.80. The van der Waals surface area contributed by atoms with E-state index in [1.807, 2.05) is 6.07 Å². The van der Waals surface area contributed by atoms with E-state index < -0.39 is 0 Å². The normalized spacial score (nSPS) is 18.3. The average Bonchev–Trinajstić information content (AvgIpc) is 2.33. The maximum atomic E-state index is 5.81. The molecule has 3 nitrogen and oxygen atoms in total. The van der Waals surface area contributed by atoms with Crippen molar-refractivity contribution < 1.29 is 0 Å². The number of rotatable bonds is 2. The second kappa shape index (κ2) is 4.88. The van der Waals surface area contributed by atoms with Crippen LogP contribution in [-0.4, -0.2) is 31.1 Å². The highest BCUT2D eigenvalue weighted by Crippen LogP contribution is 2.31. The summed E-state index contributed by atoms with van der Waals surface area (Å²) < 4.78 is 0. The first-order chi connectivity index (χ1) is 8.01. The number of piperazine rings is 1. The van der Waals surface area contributed by atoms with Gasteiger partial charge in [-0.2, -0.15) is 0 Å². The maximum Gasteiger partial charge on any atom is 0.0449 e. The first kappa shape index (κ1) is 12.7. The Morgan fingerprint density at radius 3 is 2.53 bits per heavy atom. The van der Waals surface area contributed by atoms with Gasteiger partial charge < -0.3 is 11.1 Å². The Kier molecular flexibility index (Phi) is 3.66. The summed E-state index contributed by atoms with van der Waals surface area (Å²) in [5, 5.41) is 3.38. The number of nitrogens with one attached hydrogen (secondary N) is 1. The van der Waals surface area contributed by atoms with Crippen molar-refractivity contribution in [3.8, 4) is 0 Å². The summed E-state index contributed by atoms with van der Waals surface area (Å²) in [6.45, 7) is 8.81. The van der Waals surface area contributed by atoms with Gasteiger partial charge in [-0.25, -0.2) is 0 Å². The highest BCUT2D eigenvalue weighted by Gasteiger charge is 2.29. The number of hydrogen-bond donors (Lipinski definition) is 3. The number of thiol groups is 1. The molecule has 94 valence electrons. The van der Waals surface area contributed by atoms with Gasteiger partial charge >= 0.3 is 0 Å².